The zero-order valence-electron chi connectivity index (χ0n) is 8.93. The zero-order chi connectivity index (χ0) is 11.0. The number of rotatable bonds is 2. The van der Waals surface area contributed by atoms with Crippen LogP contribution >= 0.6 is 0 Å². The minimum atomic E-state index is -0.355. The molecule has 1 aromatic rings. The summed E-state index contributed by atoms with van der Waals surface area (Å²) in [6, 6.07) is 4.13. The summed E-state index contributed by atoms with van der Waals surface area (Å²) in [5.74, 6) is -0.126. The van der Waals surface area contributed by atoms with E-state index in [4.69, 9.17) is 0 Å². The molecule has 0 radical (unpaired) electrons. The summed E-state index contributed by atoms with van der Waals surface area (Å²) < 4.78 is 26.4. The average Bonchev–Trinajstić information content (AvgIpc) is 2.22. The monoisotopic (exact) mass is 211 g/mol. The van der Waals surface area contributed by atoms with Gasteiger partial charge in [0.2, 0.25) is 0 Å². The summed E-state index contributed by atoms with van der Waals surface area (Å²) in [5, 5.41) is 3.17. The van der Waals surface area contributed by atoms with Crippen molar-refractivity contribution in [2.24, 2.45) is 5.92 Å². The van der Waals surface area contributed by atoms with Crippen molar-refractivity contribution in [3.05, 3.63) is 35.4 Å². The summed E-state index contributed by atoms with van der Waals surface area (Å²) in [6.45, 7) is 2.07. The van der Waals surface area contributed by atoms with E-state index in [9.17, 15) is 8.78 Å². The standard InChI is InChI=1S/C12H15F2N/c1-7-9(6-12(7)15-2)10-5-8(13)3-4-11(10)14/h3-5,7,9,12,15H,6H2,1-2H3. The van der Waals surface area contributed by atoms with Crippen molar-refractivity contribution < 1.29 is 8.78 Å². The molecule has 3 atom stereocenters. The summed E-state index contributed by atoms with van der Waals surface area (Å²) in [6.07, 6.45) is 0.887. The molecule has 1 aromatic carbocycles. The smallest absolute Gasteiger partial charge is 0.126 e. The van der Waals surface area contributed by atoms with Gasteiger partial charge in [-0.15, -0.1) is 0 Å². The van der Waals surface area contributed by atoms with E-state index in [2.05, 4.69) is 12.2 Å². The van der Waals surface area contributed by atoms with Gasteiger partial charge < -0.3 is 5.32 Å². The lowest BCUT2D eigenvalue weighted by atomic mass is 9.67. The third-order valence-electron chi connectivity index (χ3n) is 3.51. The molecule has 2 rings (SSSR count). The Bertz CT molecular complexity index is 365. The van der Waals surface area contributed by atoms with E-state index in [0.717, 1.165) is 12.5 Å². The fraction of sp³-hybridized carbons (Fsp3) is 0.500. The molecule has 0 aliphatic heterocycles. The topological polar surface area (TPSA) is 12.0 Å². The Balaban J connectivity index is 2.21. The summed E-state index contributed by atoms with van der Waals surface area (Å²) in [7, 11) is 1.90. The number of hydrogen-bond donors (Lipinski definition) is 1. The lowest BCUT2D eigenvalue weighted by Crippen LogP contribution is -2.46. The third-order valence-corrected chi connectivity index (χ3v) is 3.51. The number of benzene rings is 1. The Morgan fingerprint density at radius 3 is 2.67 bits per heavy atom. The molecular weight excluding hydrogens is 196 g/mol. The molecule has 1 aliphatic carbocycles. The Kier molecular flexibility index (Phi) is 2.74. The first-order valence-electron chi connectivity index (χ1n) is 5.25. The van der Waals surface area contributed by atoms with Crippen LogP contribution in [0.1, 0.15) is 24.8 Å². The minimum Gasteiger partial charge on any atom is -0.317 e. The molecule has 0 heterocycles. The summed E-state index contributed by atoms with van der Waals surface area (Å²) in [4.78, 5) is 0. The summed E-state index contributed by atoms with van der Waals surface area (Å²) >= 11 is 0. The van der Waals surface area contributed by atoms with E-state index in [1.165, 1.54) is 12.1 Å². The fourth-order valence-electron chi connectivity index (χ4n) is 2.38. The maximum absolute atomic E-state index is 13.5. The molecule has 1 fully saturated rings. The maximum Gasteiger partial charge on any atom is 0.126 e. The average molecular weight is 211 g/mol. The Morgan fingerprint density at radius 2 is 2.07 bits per heavy atom. The van der Waals surface area contributed by atoms with Crippen LogP contribution in [0.4, 0.5) is 8.78 Å². The highest BCUT2D eigenvalue weighted by molar-refractivity contribution is 5.27. The van der Waals surface area contributed by atoms with Gasteiger partial charge in [0, 0.05) is 6.04 Å². The zero-order valence-corrected chi connectivity index (χ0v) is 8.93. The predicted octanol–water partition coefficient (Wildman–Crippen LogP) is 2.68. The highest BCUT2D eigenvalue weighted by Gasteiger charge is 2.38. The van der Waals surface area contributed by atoms with Crippen molar-refractivity contribution >= 4 is 0 Å². The SMILES string of the molecule is CNC1CC(c2cc(F)ccc2F)C1C. The van der Waals surface area contributed by atoms with E-state index < -0.39 is 0 Å². The van der Waals surface area contributed by atoms with E-state index in [-0.39, 0.29) is 17.6 Å². The molecule has 1 N–H and O–H groups in total. The van der Waals surface area contributed by atoms with Gasteiger partial charge in [-0.25, -0.2) is 8.78 Å². The molecule has 0 bridgehead atoms. The molecule has 0 spiro atoms. The maximum atomic E-state index is 13.5. The van der Waals surface area contributed by atoms with Gasteiger partial charge in [-0.2, -0.15) is 0 Å². The molecule has 3 heteroatoms. The van der Waals surface area contributed by atoms with Gasteiger partial charge in [-0.05, 0) is 49.1 Å². The van der Waals surface area contributed by atoms with Crippen LogP contribution in [0.5, 0.6) is 0 Å². The second-order valence-corrected chi connectivity index (χ2v) is 4.26. The van der Waals surface area contributed by atoms with Gasteiger partial charge in [0.15, 0.2) is 0 Å². The van der Waals surface area contributed by atoms with Crippen LogP contribution in [0.25, 0.3) is 0 Å². The van der Waals surface area contributed by atoms with Crippen LogP contribution in [0.15, 0.2) is 18.2 Å². The predicted molar refractivity (Wildman–Crippen MR) is 55.7 cm³/mol. The normalized spacial score (nSPS) is 30.0. The molecule has 0 amide bonds. The van der Waals surface area contributed by atoms with Crippen LogP contribution in [0, 0.1) is 17.6 Å². The Hall–Kier alpha value is -0.960. The molecule has 1 aliphatic rings. The third kappa shape index (κ3) is 1.76. The van der Waals surface area contributed by atoms with Crippen LogP contribution < -0.4 is 5.32 Å². The van der Waals surface area contributed by atoms with Crippen molar-refractivity contribution in [3.8, 4) is 0 Å². The first-order valence-corrected chi connectivity index (χ1v) is 5.25. The highest BCUT2D eigenvalue weighted by Crippen LogP contribution is 2.43. The Morgan fingerprint density at radius 1 is 1.33 bits per heavy atom. The minimum absolute atomic E-state index is 0.151. The van der Waals surface area contributed by atoms with E-state index in [1.807, 2.05) is 7.05 Å². The molecule has 82 valence electrons. The van der Waals surface area contributed by atoms with Gasteiger partial charge in [-0.1, -0.05) is 6.92 Å². The fourth-order valence-corrected chi connectivity index (χ4v) is 2.38. The second-order valence-electron chi connectivity index (χ2n) is 4.26. The molecule has 3 unspecified atom stereocenters. The Labute approximate surface area is 88.5 Å². The largest absolute Gasteiger partial charge is 0.317 e. The molecule has 15 heavy (non-hydrogen) atoms. The first-order chi connectivity index (χ1) is 7.13. The van der Waals surface area contributed by atoms with Crippen molar-refractivity contribution in [1.82, 2.24) is 5.32 Å². The van der Waals surface area contributed by atoms with Gasteiger partial charge in [0.1, 0.15) is 11.6 Å². The van der Waals surface area contributed by atoms with Crippen molar-refractivity contribution in [2.75, 3.05) is 7.05 Å². The van der Waals surface area contributed by atoms with Gasteiger partial charge in [0.25, 0.3) is 0 Å². The number of halogens is 2. The van der Waals surface area contributed by atoms with Gasteiger partial charge >= 0.3 is 0 Å². The lowest BCUT2D eigenvalue weighted by molar-refractivity contribution is 0.190. The molecule has 1 nitrogen and oxygen atoms in total. The number of hydrogen-bond acceptors (Lipinski definition) is 1. The quantitative estimate of drug-likeness (QED) is 0.793. The lowest BCUT2D eigenvalue weighted by Gasteiger charge is -2.43. The highest BCUT2D eigenvalue weighted by atomic mass is 19.1. The van der Waals surface area contributed by atoms with Gasteiger partial charge in [0.05, 0.1) is 0 Å². The van der Waals surface area contributed by atoms with Crippen molar-refractivity contribution in [2.45, 2.75) is 25.3 Å². The summed E-state index contributed by atoms with van der Waals surface area (Å²) in [5.41, 5.74) is 0.522. The molecular formula is C12H15F2N. The second kappa shape index (κ2) is 3.89. The van der Waals surface area contributed by atoms with E-state index in [1.54, 1.807) is 0 Å². The van der Waals surface area contributed by atoms with Crippen LogP contribution in [0.3, 0.4) is 0 Å². The van der Waals surface area contributed by atoms with E-state index >= 15 is 0 Å². The van der Waals surface area contributed by atoms with Gasteiger partial charge in [-0.3, -0.25) is 0 Å². The van der Waals surface area contributed by atoms with Crippen LogP contribution in [-0.2, 0) is 0 Å². The van der Waals surface area contributed by atoms with E-state index in [0.29, 0.717) is 17.5 Å². The van der Waals surface area contributed by atoms with Crippen molar-refractivity contribution in [3.63, 3.8) is 0 Å². The number of nitrogens with one attached hydrogen (secondary N) is 1. The van der Waals surface area contributed by atoms with Crippen molar-refractivity contribution in [1.29, 1.82) is 0 Å². The molecule has 1 saturated carbocycles. The molecule has 0 saturated heterocycles. The van der Waals surface area contributed by atoms with Crippen LogP contribution in [-0.4, -0.2) is 13.1 Å². The molecule has 0 aromatic heterocycles. The van der Waals surface area contributed by atoms with Crippen LogP contribution in [0.2, 0.25) is 0 Å². The first kappa shape index (κ1) is 10.6.